The van der Waals surface area contributed by atoms with Crippen molar-refractivity contribution in [1.82, 2.24) is 4.98 Å². The Morgan fingerprint density at radius 2 is 1.90 bits per heavy atom. The van der Waals surface area contributed by atoms with E-state index in [9.17, 15) is 13.2 Å². The summed E-state index contributed by atoms with van der Waals surface area (Å²) < 4.78 is 42.8. The maximum Gasteiger partial charge on any atom is 0.416 e. The molecule has 0 bridgehead atoms. The van der Waals surface area contributed by atoms with Crippen molar-refractivity contribution < 1.29 is 17.9 Å². The molecule has 2 rings (SSSR count). The number of nitrogens with zero attached hydrogens (tertiary/aromatic N) is 2. The number of methoxy groups -OCH3 is 1. The number of rotatable bonds is 3. The lowest BCUT2D eigenvalue weighted by Crippen LogP contribution is -2.04. The SMILES string of the molecule is COc1ncc(CC#N)cc1-c1ccc(C(F)(F)F)cc1. The van der Waals surface area contributed by atoms with Gasteiger partial charge in [-0.25, -0.2) is 4.98 Å². The van der Waals surface area contributed by atoms with E-state index >= 15 is 0 Å². The summed E-state index contributed by atoms with van der Waals surface area (Å²) in [5.41, 5.74) is 1.06. The van der Waals surface area contributed by atoms with E-state index in [4.69, 9.17) is 10.00 Å². The molecule has 1 aromatic carbocycles. The van der Waals surface area contributed by atoms with Gasteiger partial charge in [0.05, 0.1) is 25.2 Å². The Hall–Kier alpha value is -2.55. The molecule has 0 unspecified atom stereocenters. The number of aromatic nitrogens is 1. The van der Waals surface area contributed by atoms with E-state index < -0.39 is 11.7 Å². The highest BCUT2D eigenvalue weighted by atomic mass is 19.4. The Kier molecular flexibility index (Phi) is 4.13. The molecular formula is C15H11F3N2O. The quantitative estimate of drug-likeness (QED) is 0.863. The third kappa shape index (κ3) is 3.31. The standard InChI is InChI=1S/C15H11F3N2O/c1-21-14-13(8-10(6-7-19)9-20-14)11-2-4-12(5-3-11)15(16,17)18/h2-5,8-9H,6H2,1H3. The van der Waals surface area contributed by atoms with E-state index in [1.165, 1.54) is 25.4 Å². The molecule has 3 nitrogen and oxygen atoms in total. The van der Waals surface area contributed by atoms with E-state index in [1.807, 2.05) is 6.07 Å². The van der Waals surface area contributed by atoms with Gasteiger partial charge in [-0.2, -0.15) is 18.4 Å². The van der Waals surface area contributed by atoms with E-state index in [0.717, 1.165) is 12.1 Å². The number of hydrogen-bond acceptors (Lipinski definition) is 3. The molecule has 2 aromatic rings. The smallest absolute Gasteiger partial charge is 0.416 e. The molecule has 0 radical (unpaired) electrons. The third-order valence-corrected chi connectivity index (χ3v) is 2.91. The summed E-state index contributed by atoms with van der Waals surface area (Å²) in [6.07, 6.45) is -2.69. The van der Waals surface area contributed by atoms with Crippen LogP contribution >= 0.6 is 0 Å². The zero-order valence-electron chi connectivity index (χ0n) is 11.1. The Morgan fingerprint density at radius 1 is 1.24 bits per heavy atom. The van der Waals surface area contributed by atoms with Crippen LogP contribution in [0.2, 0.25) is 0 Å². The highest BCUT2D eigenvalue weighted by Gasteiger charge is 2.30. The largest absolute Gasteiger partial charge is 0.481 e. The van der Waals surface area contributed by atoms with E-state index in [2.05, 4.69) is 4.98 Å². The molecule has 1 aromatic heterocycles. The first-order valence-corrected chi connectivity index (χ1v) is 6.03. The first-order valence-electron chi connectivity index (χ1n) is 6.03. The minimum atomic E-state index is -4.37. The summed E-state index contributed by atoms with van der Waals surface area (Å²) in [6, 6.07) is 8.42. The molecule has 1 heterocycles. The molecule has 6 heteroatoms. The molecule has 0 spiro atoms. The minimum Gasteiger partial charge on any atom is -0.481 e. The summed E-state index contributed by atoms with van der Waals surface area (Å²) in [7, 11) is 1.43. The zero-order valence-corrected chi connectivity index (χ0v) is 11.1. The monoisotopic (exact) mass is 292 g/mol. The third-order valence-electron chi connectivity index (χ3n) is 2.91. The Balaban J connectivity index is 2.45. The number of nitriles is 1. The summed E-state index contributed by atoms with van der Waals surface area (Å²) >= 11 is 0. The predicted molar refractivity (Wildman–Crippen MR) is 70.5 cm³/mol. The second-order valence-electron chi connectivity index (χ2n) is 4.31. The normalized spacial score (nSPS) is 11.0. The highest BCUT2D eigenvalue weighted by molar-refractivity contribution is 5.69. The molecule has 0 amide bonds. The molecule has 21 heavy (non-hydrogen) atoms. The zero-order chi connectivity index (χ0) is 15.5. The van der Waals surface area contributed by atoms with Crippen molar-refractivity contribution in [3.63, 3.8) is 0 Å². The van der Waals surface area contributed by atoms with Gasteiger partial charge in [-0.3, -0.25) is 0 Å². The highest BCUT2D eigenvalue weighted by Crippen LogP contribution is 2.33. The number of ether oxygens (including phenoxy) is 1. The Morgan fingerprint density at radius 3 is 2.43 bits per heavy atom. The van der Waals surface area contributed by atoms with E-state index in [1.54, 1.807) is 6.07 Å². The van der Waals surface area contributed by atoms with Crippen LogP contribution in [0.5, 0.6) is 5.88 Å². The van der Waals surface area contributed by atoms with Gasteiger partial charge in [-0.05, 0) is 29.3 Å². The second-order valence-corrected chi connectivity index (χ2v) is 4.31. The first kappa shape index (κ1) is 14.9. The van der Waals surface area contributed by atoms with Crippen LogP contribution in [0.25, 0.3) is 11.1 Å². The number of halogens is 3. The molecule has 0 N–H and O–H groups in total. The van der Waals surface area contributed by atoms with Gasteiger partial charge in [0, 0.05) is 11.8 Å². The maximum absolute atomic E-state index is 12.6. The second kappa shape index (κ2) is 5.83. The van der Waals surface area contributed by atoms with Gasteiger partial charge in [-0.15, -0.1) is 0 Å². The summed E-state index contributed by atoms with van der Waals surface area (Å²) in [5, 5.41) is 8.70. The van der Waals surface area contributed by atoms with Crippen molar-refractivity contribution in [2.75, 3.05) is 7.11 Å². The average molecular weight is 292 g/mol. The summed E-state index contributed by atoms with van der Waals surface area (Å²) in [6.45, 7) is 0. The van der Waals surface area contributed by atoms with Crippen LogP contribution in [-0.4, -0.2) is 12.1 Å². The lowest BCUT2D eigenvalue weighted by atomic mass is 10.0. The van der Waals surface area contributed by atoms with Gasteiger partial charge in [0.1, 0.15) is 0 Å². The van der Waals surface area contributed by atoms with Crippen LogP contribution in [0, 0.1) is 11.3 Å². The fourth-order valence-corrected chi connectivity index (χ4v) is 1.89. The number of benzene rings is 1. The van der Waals surface area contributed by atoms with Gasteiger partial charge < -0.3 is 4.74 Å². The molecule has 0 saturated heterocycles. The topological polar surface area (TPSA) is 45.9 Å². The fraction of sp³-hybridized carbons (Fsp3) is 0.200. The van der Waals surface area contributed by atoms with Crippen molar-refractivity contribution in [2.45, 2.75) is 12.6 Å². The lowest BCUT2D eigenvalue weighted by molar-refractivity contribution is -0.137. The molecule has 0 aliphatic heterocycles. The molecular weight excluding hydrogens is 281 g/mol. The first-order chi connectivity index (χ1) is 9.95. The lowest BCUT2D eigenvalue weighted by Gasteiger charge is -2.11. The van der Waals surface area contributed by atoms with Gasteiger partial charge in [-0.1, -0.05) is 12.1 Å². The van der Waals surface area contributed by atoms with Crippen molar-refractivity contribution in [3.05, 3.63) is 47.7 Å². The van der Waals surface area contributed by atoms with Crippen molar-refractivity contribution in [2.24, 2.45) is 0 Å². The van der Waals surface area contributed by atoms with Crippen LogP contribution in [0.15, 0.2) is 36.5 Å². The molecule has 0 fully saturated rings. The van der Waals surface area contributed by atoms with Crippen molar-refractivity contribution in [3.8, 4) is 23.1 Å². The minimum absolute atomic E-state index is 0.171. The molecule has 0 atom stereocenters. The maximum atomic E-state index is 12.6. The van der Waals surface area contributed by atoms with E-state index in [0.29, 0.717) is 22.6 Å². The van der Waals surface area contributed by atoms with Gasteiger partial charge in [0.2, 0.25) is 5.88 Å². The summed E-state index contributed by atoms with van der Waals surface area (Å²) in [5.74, 6) is 0.302. The van der Waals surface area contributed by atoms with Crippen molar-refractivity contribution in [1.29, 1.82) is 5.26 Å². The van der Waals surface area contributed by atoms with Gasteiger partial charge in [0.15, 0.2) is 0 Å². The Bertz CT molecular complexity index is 673. The molecule has 108 valence electrons. The van der Waals surface area contributed by atoms with Crippen molar-refractivity contribution >= 4 is 0 Å². The number of hydrogen-bond donors (Lipinski definition) is 0. The molecule has 0 saturated carbocycles. The summed E-state index contributed by atoms with van der Waals surface area (Å²) in [4.78, 5) is 4.07. The molecule has 0 aliphatic carbocycles. The van der Waals surface area contributed by atoms with Crippen LogP contribution in [0.1, 0.15) is 11.1 Å². The number of pyridine rings is 1. The van der Waals surface area contributed by atoms with Gasteiger partial charge in [0.25, 0.3) is 0 Å². The Labute approximate surface area is 119 Å². The van der Waals surface area contributed by atoms with Crippen LogP contribution in [0.4, 0.5) is 13.2 Å². The number of alkyl halides is 3. The molecule has 0 aliphatic rings. The van der Waals surface area contributed by atoms with Gasteiger partial charge >= 0.3 is 6.18 Å². The fourth-order valence-electron chi connectivity index (χ4n) is 1.89. The van der Waals surface area contributed by atoms with Crippen LogP contribution < -0.4 is 4.74 Å². The van der Waals surface area contributed by atoms with Crippen LogP contribution in [0.3, 0.4) is 0 Å². The average Bonchev–Trinajstić information content (AvgIpc) is 2.47. The van der Waals surface area contributed by atoms with Crippen LogP contribution in [-0.2, 0) is 12.6 Å². The predicted octanol–water partition coefficient (Wildman–Crippen LogP) is 3.84. The van der Waals surface area contributed by atoms with E-state index in [-0.39, 0.29) is 6.42 Å².